The predicted molar refractivity (Wildman–Crippen MR) is 73.5 cm³/mol. The first kappa shape index (κ1) is 13.5. The molecule has 1 amide bonds. The van der Waals surface area contributed by atoms with Crippen LogP contribution in [0.1, 0.15) is 6.42 Å². The lowest BCUT2D eigenvalue weighted by atomic mass is 10.2. The minimum absolute atomic E-state index is 0.0323. The van der Waals surface area contributed by atoms with Crippen molar-refractivity contribution in [1.82, 2.24) is 14.8 Å². The van der Waals surface area contributed by atoms with Gasteiger partial charge >= 0.3 is 0 Å². The van der Waals surface area contributed by atoms with Crippen molar-refractivity contribution in [2.45, 2.75) is 13.0 Å². The Balaban J connectivity index is 2.14. The molecule has 0 aliphatic heterocycles. The van der Waals surface area contributed by atoms with Crippen LogP contribution in [0.4, 0.5) is 11.6 Å². The van der Waals surface area contributed by atoms with E-state index in [0.29, 0.717) is 6.54 Å². The molecule has 0 fully saturated rings. The van der Waals surface area contributed by atoms with E-state index in [1.807, 2.05) is 36.4 Å². The van der Waals surface area contributed by atoms with E-state index in [1.54, 1.807) is 4.90 Å². The molecule has 1 aromatic heterocycles. The van der Waals surface area contributed by atoms with Crippen molar-refractivity contribution in [1.29, 1.82) is 5.26 Å². The zero-order chi connectivity index (χ0) is 14.4. The highest BCUT2D eigenvalue weighted by Crippen LogP contribution is 2.14. The van der Waals surface area contributed by atoms with Gasteiger partial charge in [0.15, 0.2) is 0 Å². The Morgan fingerprint density at radius 1 is 1.40 bits per heavy atom. The molecule has 0 saturated heterocycles. The second-order valence-corrected chi connectivity index (χ2v) is 4.09. The molecule has 0 saturated carbocycles. The van der Waals surface area contributed by atoms with Gasteiger partial charge in [-0.1, -0.05) is 18.2 Å². The number of nitrogens with two attached hydrogens (primary N) is 1. The van der Waals surface area contributed by atoms with Gasteiger partial charge in [0.25, 0.3) is 0 Å². The maximum Gasteiger partial charge on any atom is 0.248 e. The number of anilines is 2. The second-order valence-electron chi connectivity index (χ2n) is 4.09. The lowest BCUT2D eigenvalue weighted by Gasteiger charge is -2.21. The molecule has 1 aromatic carbocycles. The summed E-state index contributed by atoms with van der Waals surface area (Å²) in [4.78, 5) is 17.6. The summed E-state index contributed by atoms with van der Waals surface area (Å²) in [6.45, 7) is 0.369. The van der Waals surface area contributed by atoms with Crippen LogP contribution in [0.2, 0.25) is 0 Å². The van der Waals surface area contributed by atoms with Crippen LogP contribution >= 0.6 is 0 Å². The summed E-state index contributed by atoms with van der Waals surface area (Å²) in [6.07, 6.45) is 1.67. The number of hydrogen-bond donors (Lipinski definition) is 1. The van der Waals surface area contributed by atoms with Gasteiger partial charge in [0.05, 0.1) is 12.5 Å². The van der Waals surface area contributed by atoms with Crippen LogP contribution in [-0.4, -0.2) is 27.2 Å². The first-order valence-electron chi connectivity index (χ1n) is 6.08. The van der Waals surface area contributed by atoms with Crippen molar-refractivity contribution >= 4 is 17.5 Å². The molecular weight excluding hydrogens is 256 g/mol. The van der Waals surface area contributed by atoms with Crippen LogP contribution in [0.25, 0.3) is 0 Å². The summed E-state index contributed by atoms with van der Waals surface area (Å²) in [5.74, 6) is -0.0440. The molecule has 20 heavy (non-hydrogen) atoms. The van der Waals surface area contributed by atoms with Crippen molar-refractivity contribution in [2.75, 3.05) is 17.2 Å². The lowest BCUT2D eigenvalue weighted by molar-refractivity contribution is -0.119. The third-order valence-corrected chi connectivity index (χ3v) is 2.67. The van der Waals surface area contributed by atoms with Gasteiger partial charge in [0.2, 0.25) is 11.9 Å². The number of amides is 1. The van der Waals surface area contributed by atoms with Crippen LogP contribution in [0.15, 0.2) is 36.7 Å². The molecule has 0 atom stereocenters. The molecule has 102 valence electrons. The second kappa shape index (κ2) is 6.33. The van der Waals surface area contributed by atoms with Crippen LogP contribution in [0, 0.1) is 11.3 Å². The van der Waals surface area contributed by atoms with Crippen molar-refractivity contribution < 1.29 is 4.79 Å². The van der Waals surface area contributed by atoms with Crippen molar-refractivity contribution in [3.63, 3.8) is 0 Å². The van der Waals surface area contributed by atoms with Crippen LogP contribution in [0.5, 0.6) is 0 Å². The van der Waals surface area contributed by atoms with Gasteiger partial charge in [-0.15, -0.1) is 5.10 Å². The van der Waals surface area contributed by atoms with Crippen LogP contribution < -0.4 is 10.6 Å². The van der Waals surface area contributed by atoms with Crippen molar-refractivity contribution in [2.24, 2.45) is 0 Å². The smallest absolute Gasteiger partial charge is 0.248 e. The summed E-state index contributed by atoms with van der Waals surface area (Å²) < 4.78 is 1.37. The quantitative estimate of drug-likeness (QED) is 0.866. The van der Waals surface area contributed by atoms with E-state index in [1.165, 1.54) is 11.0 Å². The SMILES string of the molecule is N#CCCN(C(=O)Cn1cnc(N)n1)c1ccccc1. The fourth-order valence-corrected chi connectivity index (χ4v) is 1.78. The van der Waals surface area contributed by atoms with Gasteiger partial charge < -0.3 is 10.6 Å². The first-order chi connectivity index (χ1) is 9.70. The summed E-state index contributed by atoms with van der Waals surface area (Å²) >= 11 is 0. The fraction of sp³-hybridized carbons (Fsp3) is 0.231. The Kier molecular flexibility index (Phi) is 4.29. The van der Waals surface area contributed by atoms with Crippen LogP contribution in [0.3, 0.4) is 0 Å². The lowest BCUT2D eigenvalue weighted by Crippen LogP contribution is -2.34. The molecular formula is C13H14N6O. The van der Waals surface area contributed by atoms with E-state index in [4.69, 9.17) is 11.0 Å². The van der Waals surface area contributed by atoms with Gasteiger partial charge in [-0.3, -0.25) is 4.79 Å². The average molecular weight is 270 g/mol. The number of hydrogen-bond acceptors (Lipinski definition) is 5. The highest BCUT2D eigenvalue weighted by molar-refractivity contribution is 5.93. The molecule has 2 N–H and O–H groups in total. The summed E-state index contributed by atoms with van der Waals surface area (Å²) in [6, 6.07) is 11.2. The number of carbonyl (C=O) groups is 1. The number of aromatic nitrogens is 3. The minimum Gasteiger partial charge on any atom is -0.367 e. The van der Waals surface area contributed by atoms with E-state index in [2.05, 4.69) is 10.1 Å². The van der Waals surface area contributed by atoms with Crippen molar-refractivity contribution in [3.05, 3.63) is 36.7 Å². The third-order valence-electron chi connectivity index (χ3n) is 2.67. The summed E-state index contributed by atoms with van der Waals surface area (Å²) in [5.41, 5.74) is 6.16. The predicted octanol–water partition coefficient (Wildman–Crippen LogP) is 0.807. The molecule has 0 unspecified atom stereocenters. The number of nitrogens with zero attached hydrogens (tertiary/aromatic N) is 5. The minimum atomic E-state index is -0.170. The molecule has 1 heterocycles. The Morgan fingerprint density at radius 3 is 2.75 bits per heavy atom. The average Bonchev–Trinajstić information content (AvgIpc) is 2.86. The fourth-order valence-electron chi connectivity index (χ4n) is 1.78. The maximum atomic E-state index is 12.3. The monoisotopic (exact) mass is 270 g/mol. The maximum absolute atomic E-state index is 12.3. The molecule has 0 radical (unpaired) electrons. The molecule has 7 heteroatoms. The number of para-hydroxylation sites is 1. The van der Waals surface area contributed by atoms with Gasteiger partial charge in [-0.05, 0) is 12.1 Å². The van der Waals surface area contributed by atoms with E-state index in [9.17, 15) is 4.79 Å². The number of benzene rings is 1. The molecule has 0 bridgehead atoms. The third kappa shape index (κ3) is 3.32. The normalized spacial score (nSPS) is 9.95. The van der Waals surface area contributed by atoms with E-state index < -0.39 is 0 Å². The topological polar surface area (TPSA) is 101 Å². The molecule has 0 spiro atoms. The van der Waals surface area contributed by atoms with E-state index >= 15 is 0 Å². The molecule has 0 aliphatic carbocycles. The number of rotatable bonds is 5. The van der Waals surface area contributed by atoms with Crippen LogP contribution in [-0.2, 0) is 11.3 Å². The Hall–Kier alpha value is -2.88. The Morgan fingerprint density at radius 2 is 2.15 bits per heavy atom. The zero-order valence-corrected chi connectivity index (χ0v) is 10.8. The summed E-state index contributed by atoms with van der Waals surface area (Å²) in [5, 5.41) is 12.6. The standard InChI is InChI=1S/C13H14N6O/c14-7-4-8-19(11-5-2-1-3-6-11)12(20)9-18-10-16-13(15)17-18/h1-3,5-6,10H,4,8-9H2,(H2,15,17). The van der Waals surface area contributed by atoms with E-state index in [-0.39, 0.29) is 24.8 Å². The van der Waals surface area contributed by atoms with E-state index in [0.717, 1.165) is 5.69 Å². The highest BCUT2D eigenvalue weighted by Gasteiger charge is 2.16. The molecule has 7 nitrogen and oxygen atoms in total. The summed E-state index contributed by atoms with van der Waals surface area (Å²) in [7, 11) is 0. The highest BCUT2D eigenvalue weighted by atomic mass is 16.2. The van der Waals surface area contributed by atoms with Gasteiger partial charge in [0, 0.05) is 12.2 Å². The van der Waals surface area contributed by atoms with Gasteiger partial charge in [0.1, 0.15) is 12.9 Å². The molecule has 2 rings (SSSR count). The van der Waals surface area contributed by atoms with Gasteiger partial charge in [-0.2, -0.15) is 5.26 Å². The zero-order valence-electron chi connectivity index (χ0n) is 10.8. The largest absolute Gasteiger partial charge is 0.367 e. The molecule has 2 aromatic rings. The molecule has 0 aliphatic rings. The first-order valence-corrected chi connectivity index (χ1v) is 6.08. The number of nitrogen functional groups attached to an aromatic ring is 1. The Labute approximate surface area is 116 Å². The van der Waals surface area contributed by atoms with Gasteiger partial charge in [-0.25, -0.2) is 9.67 Å². The number of nitriles is 1. The van der Waals surface area contributed by atoms with Crippen molar-refractivity contribution in [3.8, 4) is 6.07 Å². The number of carbonyl (C=O) groups excluding carboxylic acids is 1. The Bertz CT molecular complexity index is 615.